The van der Waals surface area contributed by atoms with Crippen molar-refractivity contribution in [1.29, 1.82) is 0 Å². The van der Waals surface area contributed by atoms with Crippen LogP contribution in [0.3, 0.4) is 0 Å². The molecule has 6 aromatic rings. The van der Waals surface area contributed by atoms with Gasteiger partial charge in [-0.15, -0.1) is 0 Å². The largest absolute Gasteiger partial charge is 0.446 e. The second-order valence-electron chi connectivity index (χ2n) is 13.6. The van der Waals surface area contributed by atoms with Crippen LogP contribution in [0.2, 0.25) is 0 Å². The predicted molar refractivity (Wildman–Crippen MR) is 229 cm³/mol. The van der Waals surface area contributed by atoms with Crippen LogP contribution in [0.15, 0.2) is 181 Å². The number of rotatable bonds is 13. The Morgan fingerprint density at radius 3 is 1.37 bits per heavy atom. The average molecular weight is 911 g/mol. The SMILES string of the molecule is CI1OC(C)(C)c2ccccc21.FC(F)(ON(Cc1ccccc1)Cc1ccccc1)C(F)(F)Sc1ccccc1.ON(Cc1ccccc1)Cc1ccccc1. The number of benzene rings is 6. The Kier molecular flexibility index (Phi) is 16.3. The molecule has 11 heteroatoms. The van der Waals surface area contributed by atoms with Crippen molar-refractivity contribution in [2.24, 2.45) is 0 Å². The summed E-state index contributed by atoms with van der Waals surface area (Å²) < 4.78 is 65.3. The molecule has 0 radical (unpaired) electrons. The maximum absolute atomic E-state index is 14.5. The maximum Gasteiger partial charge on any atom is 0.446 e. The molecule has 1 N–H and O–H groups in total. The van der Waals surface area contributed by atoms with Crippen LogP contribution in [0.5, 0.6) is 0 Å². The first-order valence-electron chi connectivity index (χ1n) is 18.2. The van der Waals surface area contributed by atoms with Gasteiger partial charge in [-0.05, 0) is 46.1 Å². The van der Waals surface area contributed by atoms with Crippen LogP contribution in [0.25, 0.3) is 0 Å². The maximum atomic E-state index is 14.5. The van der Waals surface area contributed by atoms with Crippen LogP contribution in [0.4, 0.5) is 17.6 Å². The normalized spacial score (nSPS) is 14.0. The van der Waals surface area contributed by atoms with E-state index in [-0.39, 0.29) is 35.3 Å². The fourth-order valence-electron chi connectivity index (χ4n) is 5.80. The van der Waals surface area contributed by atoms with Gasteiger partial charge in [0.2, 0.25) is 0 Å². The van der Waals surface area contributed by atoms with E-state index >= 15 is 0 Å². The zero-order valence-electron chi connectivity index (χ0n) is 32.0. The van der Waals surface area contributed by atoms with Gasteiger partial charge in [0.05, 0.1) is 0 Å². The number of fused-ring (bicyclic) bond motifs is 1. The van der Waals surface area contributed by atoms with Crippen LogP contribution >= 0.6 is 32.0 Å². The second kappa shape index (κ2) is 21.1. The third-order valence-electron chi connectivity index (χ3n) is 8.51. The summed E-state index contributed by atoms with van der Waals surface area (Å²) in [6.45, 7) is 5.28. The van der Waals surface area contributed by atoms with Crippen molar-refractivity contribution in [3.63, 3.8) is 0 Å². The zero-order chi connectivity index (χ0) is 40.7. The van der Waals surface area contributed by atoms with Gasteiger partial charge >= 0.3 is 92.4 Å². The first-order chi connectivity index (χ1) is 27.3. The van der Waals surface area contributed by atoms with E-state index in [1.165, 1.54) is 38.5 Å². The van der Waals surface area contributed by atoms with Crippen molar-refractivity contribution in [2.75, 3.05) is 4.93 Å². The Morgan fingerprint density at radius 1 is 0.579 bits per heavy atom. The Morgan fingerprint density at radius 2 is 0.947 bits per heavy atom. The fourth-order valence-corrected chi connectivity index (χ4v) is 11.0. The van der Waals surface area contributed by atoms with E-state index in [2.05, 4.69) is 47.9 Å². The first-order valence-corrected chi connectivity index (χ1v) is 23.2. The summed E-state index contributed by atoms with van der Waals surface area (Å²) in [6.07, 6.45) is -4.71. The van der Waals surface area contributed by atoms with E-state index in [0.29, 0.717) is 24.2 Å². The summed E-state index contributed by atoms with van der Waals surface area (Å²) in [7, 11) is 0. The Bertz CT molecular complexity index is 1970. The molecule has 0 saturated heterocycles. The van der Waals surface area contributed by atoms with Gasteiger partial charge in [-0.2, -0.15) is 27.7 Å². The number of thioether (sulfide) groups is 1. The summed E-state index contributed by atoms with van der Waals surface area (Å²) >= 11 is -1.47. The molecule has 300 valence electrons. The molecule has 5 nitrogen and oxygen atoms in total. The molecule has 0 amide bonds. The topological polar surface area (TPSA) is 45.2 Å². The molecule has 7 rings (SSSR count). The van der Waals surface area contributed by atoms with Crippen molar-refractivity contribution in [3.8, 4) is 0 Å². The number of nitrogens with zero attached hydrogens (tertiary/aromatic N) is 2. The standard InChI is InChI=1S/C22H19F4NOS.C14H15NO.C10H13IO/c23-21(24,22(25,26)29-20-14-8-3-9-15-20)28-27(16-18-10-4-1-5-11-18)17-19-12-6-2-7-13-19;16-15(11-13-7-3-1-4-8-13)12-14-9-5-2-6-10-14;1-10(2)8-6-4-5-7-9(8)11(3)12-10/h1-15H,16-17H2;1-10,16H,11-12H2;4-7H,1-3H3. The third-order valence-corrected chi connectivity index (χ3v) is 13.8. The number of hydrogen-bond donors (Lipinski definition) is 1. The molecule has 6 aromatic carbocycles. The molecule has 1 aliphatic rings. The molecule has 0 fully saturated rings. The summed E-state index contributed by atoms with van der Waals surface area (Å²) in [5, 5.41) is 7.52. The minimum Gasteiger partial charge on any atom is -0.313 e. The molecule has 0 aromatic heterocycles. The second-order valence-corrected chi connectivity index (χ2v) is 18.8. The molecule has 0 unspecified atom stereocenters. The van der Waals surface area contributed by atoms with Gasteiger partial charge in [-0.25, -0.2) is 4.84 Å². The predicted octanol–water partition coefficient (Wildman–Crippen LogP) is 12.8. The van der Waals surface area contributed by atoms with Crippen molar-refractivity contribution in [2.45, 2.75) is 61.9 Å². The van der Waals surface area contributed by atoms with E-state index in [4.69, 9.17) is 3.07 Å². The van der Waals surface area contributed by atoms with Crippen molar-refractivity contribution < 1.29 is 30.7 Å². The summed E-state index contributed by atoms with van der Waals surface area (Å²) in [4.78, 5) is 6.90. The molecule has 1 heterocycles. The van der Waals surface area contributed by atoms with Crippen molar-refractivity contribution in [1.82, 2.24) is 10.1 Å². The van der Waals surface area contributed by atoms with Gasteiger partial charge in [0, 0.05) is 31.1 Å². The molecule has 1 aliphatic heterocycles. The van der Waals surface area contributed by atoms with Crippen LogP contribution in [-0.4, -0.2) is 31.6 Å². The average Bonchev–Trinajstić information content (AvgIpc) is 3.44. The van der Waals surface area contributed by atoms with E-state index in [1.54, 1.807) is 66.7 Å². The number of halogens is 5. The van der Waals surface area contributed by atoms with Gasteiger partial charge < -0.3 is 5.21 Å². The van der Waals surface area contributed by atoms with E-state index in [1.807, 2.05) is 60.7 Å². The zero-order valence-corrected chi connectivity index (χ0v) is 35.0. The van der Waals surface area contributed by atoms with Gasteiger partial charge in [0.15, 0.2) is 0 Å². The van der Waals surface area contributed by atoms with Crippen LogP contribution < -0.4 is 0 Å². The van der Waals surface area contributed by atoms with Crippen LogP contribution in [0.1, 0.15) is 41.7 Å². The van der Waals surface area contributed by atoms with E-state index in [0.717, 1.165) is 16.2 Å². The Hall–Kier alpha value is -4.08. The molecular weight excluding hydrogens is 863 g/mol. The van der Waals surface area contributed by atoms with Crippen LogP contribution in [-0.2, 0) is 39.7 Å². The van der Waals surface area contributed by atoms with Gasteiger partial charge in [0.25, 0.3) is 0 Å². The van der Waals surface area contributed by atoms with Crippen LogP contribution in [0, 0.1) is 3.57 Å². The molecule has 0 saturated carbocycles. The molecule has 0 bridgehead atoms. The van der Waals surface area contributed by atoms with Gasteiger partial charge in [-0.1, -0.05) is 140 Å². The quantitative estimate of drug-likeness (QED) is 0.0409. The van der Waals surface area contributed by atoms with E-state index < -0.39 is 31.6 Å². The molecule has 57 heavy (non-hydrogen) atoms. The number of hydroxylamine groups is 4. The van der Waals surface area contributed by atoms with E-state index in [9.17, 15) is 22.8 Å². The Labute approximate surface area is 345 Å². The van der Waals surface area contributed by atoms with Gasteiger partial charge in [-0.3, -0.25) is 0 Å². The van der Waals surface area contributed by atoms with Crippen molar-refractivity contribution in [3.05, 3.63) is 207 Å². The Balaban J connectivity index is 0.000000184. The summed E-state index contributed by atoms with van der Waals surface area (Å²) in [6, 6.07) is 53.3. The summed E-state index contributed by atoms with van der Waals surface area (Å²) in [5.41, 5.74) is 4.92. The monoisotopic (exact) mass is 910 g/mol. The number of alkyl halides is 5. The number of hydrogen-bond acceptors (Lipinski definition) is 6. The molecule has 0 spiro atoms. The summed E-state index contributed by atoms with van der Waals surface area (Å²) in [5.74, 6) is 0. The van der Waals surface area contributed by atoms with Gasteiger partial charge in [0.1, 0.15) is 0 Å². The smallest absolute Gasteiger partial charge is 0.313 e. The molecule has 0 atom stereocenters. The minimum atomic E-state index is -4.71. The third kappa shape index (κ3) is 13.8. The first kappa shape index (κ1) is 44.0. The van der Waals surface area contributed by atoms with Crippen molar-refractivity contribution >= 4 is 32.0 Å². The molecular formula is C46H47F4IN2O3S. The fraction of sp³-hybridized carbons (Fsp3) is 0.217. The minimum absolute atomic E-state index is 0.0263. The molecule has 0 aliphatic carbocycles.